The van der Waals surface area contributed by atoms with Crippen molar-refractivity contribution in [2.45, 2.75) is 45.2 Å². The van der Waals surface area contributed by atoms with Crippen LogP contribution in [0.5, 0.6) is 0 Å². The van der Waals surface area contributed by atoms with Gasteiger partial charge >= 0.3 is 0 Å². The van der Waals surface area contributed by atoms with Crippen LogP contribution in [0.25, 0.3) is 0 Å². The van der Waals surface area contributed by atoms with E-state index < -0.39 is 0 Å². The van der Waals surface area contributed by atoms with E-state index in [0.717, 1.165) is 18.7 Å². The number of nitrogens with one attached hydrogen (secondary N) is 2. The van der Waals surface area contributed by atoms with Gasteiger partial charge in [-0.1, -0.05) is 6.07 Å². The third kappa shape index (κ3) is 5.32. The van der Waals surface area contributed by atoms with Crippen LogP contribution >= 0.6 is 0 Å². The maximum absolute atomic E-state index is 12.5. The molecule has 1 atom stereocenters. The Morgan fingerprint density at radius 3 is 2.96 bits per heavy atom. The number of carbonyl (C=O) groups is 2. The first-order chi connectivity index (χ1) is 11.1. The number of aromatic nitrogens is 1. The molecule has 1 aromatic heterocycles. The third-order valence-corrected chi connectivity index (χ3v) is 3.88. The summed E-state index contributed by atoms with van der Waals surface area (Å²) in [7, 11) is 0. The van der Waals surface area contributed by atoms with Crippen LogP contribution in [0.15, 0.2) is 24.5 Å². The number of pyridine rings is 1. The molecule has 1 unspecified atom stereocenters. The summed E-state index contributed by atoms with van der Waals surface area (Å²) in [6.45, 7) is 6.10. The molecule has 1 saturated heterocycles. The van der Waals surface area contributed by atoms with Crippen molar-refractivity contribution in [3.8, 4) is 0 Å². The highest BCUT2D eigenvalue weighted by Crippen LogP contribution is 2.22. The maximum Gasteiger partial charge on any atom is 0.223 e. The fourth-order valence-electron chi connectivity index (χ4n) is 2.81. The summed E-state index contributed by atoms with van der Waals surface area (Å²) in [6, 6.07) is 4.06. The molecule has 0 saturated carbocycles. The van der Waals surface area contributed by atoms with Crippen molar-refractivity contribution in [2.75, 3.05) is 19.6 Å². The van der Waals surface area contributed by atoms with Crippen LogP contribution in [-0.2, 0) is 9.59 Å². The molecule has 2 amide bonds. The Bertz CT molecular complexity index is 519. The van der Waals surface area contributed by atoms with E-state index in [1.807, 2.05) is 37.1 Å². The summed E-state index contributed by atoms with van der Waals surface area (Å²) in [5.74, 6) is 0.120. The van der Waals surface area contributed by atoms with Crippen molar-refractivity contribution in [1.29, 1.82) is 0 Å². The van der Waals surface area contributed by atoms with Gasteiger partial charge in [0.25, 0.3) is 0 Å². The number of amides is 2. The van der Waals surface area contributed by atoms with Crippen LogP contribution in [0, 0.1) is 0 Å². The smallest absolute Gasteiger partial charge is 0.223 e. The number of piperazine rings is 1. The average molecular weight is 318 g/mol. The van der Waals surface area contributed by atoms with E-state index in [0.29, 0.717) is 25.8 Å². The van der Waals surface area contributed by atoms with Crippen LogP contribution < -0.4 is 10.6 Å². The van der Waals surface area contributed by atoms with Gasteiger partial charge in [0.15, 0.2) is 0 Å². The van der Waals surface area contributed by atoms with Crippen molar-refractivity contribution in [1.82, 2.24) is 20.5 Å². The standard InChI is InChI=1S/C17H26N4O2/c1-13(2)20-16(22)6-3-7-17(23)21-10-9-19-12-15(21)14-5-4-8-18-11-14/h4-5,8,11,13,15,19H,3,6-7,9-10,12H2,1-2H3,(H,20,22). The molecule has 2 N–H and O–H groups in total. The van der Waals surface area contributed by atoms with E-state index in [2.05, 4.69) is 15.6 Å². The Morgan fingerprint density at radius 2 is 2.26 bits per heavy atom. The van der Waals surface area contributed by atoms with Gasteiger partial charge in [-0.15, -0.1) is 0 Å². The van der Waals surface area contributed by atoms with Crippen LogP contribution in [0.4, 0.5) is 0 Å². The monoisotopic (exact) mass is 318 g/mol. The molecule has 0 aromatic carbocycles. The molecule has 0 bridgehead atoms. The largest absolute Gasteiger partial charge is 0.354 e. The van der Waals surface area contributed by atoms with Crippen molar-refractivity contribution < 1.29 is 9.59 Å². The van der Waals surface area contributed by atoms with E-state index in [9.17, 15) is 9.59 Å². The first-order valence-corrected chi connectivity index (χ1v) is 8.27. The molecule has 0 aliphatic carbocycles. The topological polar surface area (TPSA) is 74.3 Å². The van der Waals surface area contributed by atoms with Crippen molar-refractivity contribution in [3.05, 3.63) is 30.1 Å². The van der Waals surface area contributed by atoms with Crippen molar-refractivity contribution in [2.24, 2.45) is 0 Å². The Balaban J connectivity index is 1.88. The van der Waals surface area contributed by atoms with Crippen LogP contribution in [0.2, 0.25) is 0 Å². The molecule has 0 radical (unpaired) electrons. The second-order valence-corrected chi connectivity index (χ2v) is 6.17. The molecular formula is C17H26N4O2. The Morgan fingerprint density at radius 1 is 1.43 bits per heavy atom. The predicted octanol–water partition coefficient (Wildman–Crippen LogP) is 1.25. The van der Waals surface area contributed by atoms with Gasteiger partial charge in [-0.2, -0.15) is 0 Å². The molecule has 1 aliphatic heterocycles. The first-order valence-electron chi connectivity index (χ1n) is 8.27. The lowest BCUT2D eigenvalue weighted by molar-refractivity contribution is -0.134. The van der Waals surface area contributed by atoms with Crippen molar-refractivity contribution >= 4 is 11.8 Å². The van der Waals surface area contributed by atoms with E-state index >= 15 is 0 Å². The third-order valence-electron chi connectivity index (χ3n) is 3.88. The summed E-state index contributed by atoms with van der Waals surface area (Å²) >= 11 is 0. The zero-order valence-electron chi connectivity index (χ0n) is 13.9. The molecule has 1 fully saturated rings. The highest BCUT2D eigenvalue weighted by atomic mass is 16.2. The minimum atomic E-state index is 0.0110. The first kappa shape index (κ1) is 17.4. The van der Waals surface area contributed by atoms with Gasteiger partial charge in [0.2, 0.25) is 11.8 Å². The Hall–Kier alpha value is -1.95. The van der Waals surface area contributed by atoms with Crippen molar-refractivity contribution in [3.63, 3.8) is 0 Å². The minimum Gasteiger partial charge on any atom is -0.354 e. The highest BCUT2D eigenvalue weighted by molar-refractivity contribution is 5.79. The normalized spacial score (nSPS) is 18.0. The number of rotatable bonds is 6. The summed E-state index contributed by atoms with van der Waals surface area (Å²) < 4.78 is 0. The minimum absolute atomic E-state index is 0.0110. The maximum atomic E-state index is 12.5. The van der Waals surface area contributed by atoms with Gasteiger partial charge in [0.1, 0.15) is 0 Å². The van der Waals surface area contributed by atoms with E-state index in [4.69, 9.17) is 0 Å². The van der Waals surface area contributed by atoms with E-state index in [1.165, 1.54) is 0 Å². The summed E-state index contributed by atoms with van der Waals surface area (Å²) in [4.78, 5) is 30.2. The molecule has 6 heteroatoms. The molecule has 2 heterocycles. The van der Waals surface area contributed by atoms with Crippen LogP contribution in [-0.4, -0.2) is 47.4 Å². The van der Waals surface area contributed by atoms with Crippen LogP contribution in [0.1, 0.15) is 44.7 Å². The second kappa shape index (κ2) is 8.62. The number of nitrogens with zero attached hydrogens (tertiary/aromatic N) is 2. The number of hydrogen-bond acceptors (Lipinski definition) is 4. The lowest BCUT2D eigenvalue weighted by Crippen LogP contribution is -2.48. The molecule has 126 valence electrons. The molecule has 6 nitrogen and oxygen atoms in total. The zero-order valence-corrected chi connectivity index (χ0v) is 13.9. The fraction of sp³-hybridized carbons (Fsp3) is 0.588. The van der Waals surface area contributed by atoms with Crippen LogP contribution in [0.3, 0.4) is 0 Å². The zero-order chi connectivity index (χ0) is 16.7. The van der Waals surface area contributed by atoms with E-state index in [-0.39, 0.29) is 23.9 Å². The molecule has 1 aliphatic rings. The lowest BCUT2D eigenvalue weighted by Gasteiger charge is -2.36. The number of carbonyl (C=O) groups excluding carboxylic acids is 2. The average Bonchev–Trinajstić information content (AvgIpc) is 2.55. The second-order valence-electron chi connectivity index (χ2n) is 6.17. The summed E-state index contributed by atoms with van der Waals surface area (Å²) in [6.07, 6.45) is 4.93. The van der Waals surface area contributed by atoms with Gasteiger partial charge < -0.3 is 15.5 Å². The molecule has 23 heavy (non-hydrogen) atoms. The van der Waals surface area contributed by atoms with Gasteiger partial charge in [0.05, 0.1) is 6.04 Å². The Kier molecular flexibility index (Phi) is 6.52. The SMILES string of the molecule is CC(C)NC(=O)CCCC(=O)N1CCNCC1c1cccnc1. The fourth-order valence-corrected chi connectivity index (χ4v) is 2.81. The molecule has 0 spiro atoms. The highest BCUT2D eigenvalue weighted by Gasteiger charge is 2.27. The van der Waals surface area contributed by atoms with Gasteiger partial charge in [-0.25, -0.2) is 0 Å². The lowest BCUT2D eigenvalue weighted by atomic mass is 10.0. The Labute approximate surface area is 137 Å². The number of hydrogen-bond donors (Lipinski definition) is 2. The molecular weight excluding hydrogens is 292 g/mol. The van der Waals surface area contributed by atoms with Gasteiger partial charge in [0, 0.05) is 50.9 Å². The molecule has 2 rings (SSSR count). The predicted molar refractivity (Wildman–Crippen MR) is 88.7 cm³/mol. The van der Waals surface area contributed by atoms with E-state index in [1.54, 1.807) is 6.20 Å². The summed E-state index contributed by atoms with van der Waals surface area (Å²) in [5.41, 5.74) is 1.05. The van der Waals surface area contributed by atoms with Gasteiger partial charge in [-0.3, -0.25) is 14.6 Å². The summed E-state index contributed by atoms with van der Waals surface area (Å²) in [5, 5.41) is 6.18. The quantitative estimate of drug-likeness (QED) is 0.828. The van der Waals surface area contributed by atoms with Gasteiger partial charge in [-0.05, 0) is 31.9 Å². The molecule has 1 aromatic rings.